The van der Waals surface area contributed by atoms with E-state index in [-0.39, 0.29) is 12.5 Å². The lowest BCUT2D eigenvalue weighted by molar-refractivity contribution is -0.124. The molecule has 0 heterocycles. The van der Waals surface area contributed by atoms with Gasteiger partial charge in [0.1, 0.15) is 6.10 Å². The number of hydrogen-bond acceptors (Lipinski definition) is 4. The Balaban J connectivity index is 3.50. The molecule has 410 valence electrons. The molecule has 0 saturated carbocycles. The number of aliphatic hydroxyl groups is 3. The molecule has 69 heavy (non-hydrogen) atoms. The monoisotopic (exact) mass is 972 g/mol. The van der Waals surface area contributed by atoms with E-state index in [0.717, 1.165) is 44.9 Å². The molecule has 0 rings (SSSR count). The van der Waals surface area contributed by atoms with Crippen molar-refractivity contribution in [2.24, 2.45) is 0 Å². The van der Waals surface area contributed by atoms with Crippen LogP contribution in [0.15, 0.2) is 24.3 Å². The number of amides is 1. The predicted octanol–water partition coefficient (Wildman–Crippen LogP) is 20.0. The van der Waals surface area contributed by atoms with Gasteiger partial charge in [-0.05, 0) is 51.4 Å². The van der Waals surface area contributed by atoms with Crippen molar-refractivity contribution in [3.05, 3.63) is 24.3 Å². The Morgan fingerprint density at radius 3 is 0.884 bits per heavy atom. The van der Waals surface area contributed by atoms with Crippen LogP contribution < -0.4 is 5.32 Å². The lowest BCUT2D eigenvalue weighted by Gasteiger charge is -2.26. The lowest BCUT2D eigenvalue weighted by Crippen LogP contribution is -2.50. The van der Waals surface area contributed by atoms with Crippen molar-refractivity contribution in [2.45, 2.75) is 372 Å². The van der Waals surface area contributed by atoms with Crippen LogP contribution in [-0.4, -0.2) is 46.1 Å². The molecule has 0 aromatic heterocycles. The lowest BCUT2D eigenvalue weighted by atomic mass is 10.0. The second kappa shape index (κ2) is 59.4. The number of nitrogens with one attached hydrogen (secondary N) is 1. The van der Waals surface area contributed by atoms with Crippen molar-refractivity contribution < 1.29 is 20.1 Å². The number of carbonyl (C=O) groups excluding carboxylic acids is 1. The summed E-state index contributed by atoms with van der Waals surface area (Å²) >= 11 is 0. The Morgan fingerprint density at radius 1 is 0.348 bits per heavy atom. The quantitative estimate of drug-likeness (QED) is 0.0361. The van der Waals surface area contributed by atoms with E-state index >= 15 is 0 Å². The summed E-state index contributed by atoms with van der Waals surface area (Å²) in [6.07, 6.45) is 76.6. The van der Waals surface area contributed by atoms with E-state index in [0.29, 0.717) is 12.8 Å². The highest BCUT2D eigenvalue weighted by Gasteiger charge is 2.26. The molecule has 0 aromatic carbocycles. The Kier molecular flexibility index (Phi) is 58.4. The Morgan fingerprint density at radius 2 is 0.594 bits per heavy atom. The van der Waals surface area contributed by atoms with Gasteiger partial charge in [-0.25, -0.2) is 0 Å². The first-order valence-electron chi connectivity index (χ1n) is 31.6. The summed E-state index contributed by atoms with van der Waals surface area (Å²) in [7, 11) is 0. The largest absolute Gasteiger partial charge is 0.394 e. The fourth-order valence-electron chi connectivity index (χ4n) is 10.2. The Hall–Kier alpha value is -1.17. The van der Waals surface area contributed by atoms with Gasteiger partial charge in [0.2, 0.25) is 5.91 Å². The number of carbonyl (C=O) groups is 1. The molecule has 4 N–H and O–H groups in total. The molecule has 0 radical (unpaired) electrons. The molecular weight excluding hydrogens is 847 g/mol. The van der Waals surface area contributed by atoms with Crippen LogP contribution in [-0.2, 0) is 4.79 Å². The van der Waals surface area contributed by atoms with Crippen LogP contribution >= 0.6 is 0 Å². The first-order chi connectivity index (χ1) is 34.1. The van der Waals surface area contributed by atoms with Gasteiger partial charge in [-0.3, -0.25) is 4.79 Å². The predicted molar refractivity (Wildman–Crippen MR) is 305 cm³/mol. The zero-order valence-electron chi connectivity index (χ0n) is 47.0. The summed E-state index contributed by atoms with van der Waals surface area (Å²) in [5, 5.41) is 33.8. The van der Waals surface area contributed by atoms with E-state index in [1.54, 1.807) is 0 Å². The molecule has 0 spiro atoms. The van der Waals surface area contributed by atoms with E-state index in [1.807, 2.05) is 0 Å². The van der Waals surface area contributed by atoms with Gasteiger partial charge in [0.15, 0.2) is 0 Å². The van der Waals surface area contributed by atoms with Crippen molar-refractivity contribution in [1.82, 2.24) is 5.32 Å². The third-order valence-electron chi connectivity index (χ3n) is 15.0. The maximum atomic E-state index is 12.5. The zero-order valence-corrected chi connectivity index (χ0v) is 47.0. The van der Waals surface area contributed by atoms with E-state index in [2.05, 4.69) is 43.5 Å². The average molecular weight is 973 g/mol. The summed E-state index contributed by atoms with van der Waals surface area (Å²) in [4.78, 5) is 12.5. The minimum Gasteiger partial charge on any atom is -0.394 e. The molecule has 3 atom stereocenters. The van der Waals surface area contributed by atoms with Crippen molar-refractivity contribution >= 4 is 5.91 Å². The third kappa shape index (κ3) is 54.4. The smallest absolute Gasteiger partial charge is 0.220 e. The summed E-state index contributed by atoms with van der Waals surface area (Å²) < 4.78 is 0. The number of rotatable bonds is 59. The van der Waals surface area contributed by atoms with E-state index in [9.17, 15) is 20.1 Å². The van der Waals surface area contributed by atoms with Crippen LogP contribution in [0.1, 0.15) is 354 Å². The Bertz CT molecular complexity index is 1030. The van der Waals surface area contributed by atoms with Crippen LogP contribution in [0.4, 0.5) is 0 Å². The van der Waals surface area contributed by atoms with Gasteiger partial charge in [-0.15, -0.1) is 0 Å². The highest BCUT2D eigenvalue weighted by atomic mass is 16.3. The fourth-order valence-corrected chi connectivity index (χ4v) is 10.2. The minimum atomic E-state index is -1.17. The Labute approximate surface area is 432 Å². The van der Waals surface area contributed by atoms with Gasteiger partial charge >= 0.3 is 0 Å². The summed E-state index contributed by atoms with van der Waals surface area (Å²) in [5.74, 6) is -0.151. The summed E-state index contributed by atoms with van der Waals surface area (Å²) in [5.41, 5.74) is 0. The highest BCUT2D eigenvalue weighted by Crippen LogP contribution is 2.19. The van der Waals surface area contributed by atoms with E-state index in [1.165, 1.54) is 283 Å². The van der Waals surface area contributed by atoms with Gasteiger partial charge in [-0.1, -0.05) is 321 Å². The van der Waals surface area contributed by atoms with Crippen molar-refractivity contribution in [1.29, 1.82) is 0 Å². The first kappa shape index (κ1) is 67.8. The average Bonchev–Trinajstić information content (AvgIpc) is 3.35. The van der Waals surface area contributed by atoms with Crippen molar-refractivity contribution in [3.8, 4) is 0 Å². The fraction of sp³-hybridized carbons (Fsp3) is 0.922. The molecule has 0 fully saturated rings. The molecule has 0 saturated heterocycles. The van der Waals surface area contributed by atoms with Crippen LogP contribution in [0.2, 0.25) is 0 Å². The van der Waals surface area contributed by atoms with Crippen LogP contribution in [0.3, 0.4) is 0 Å². The topological polar surface area (TPSA) is 89.8 Å². The van der Waals surface area contributed by atoms with Crippen LogP contribution in [0.25, 0.3) is 0 Å². The molecular formula is C64H125NO4. The number of allylic oxidation sites excluding steroid dienone is 4. The summed E-state index contributed by atoms with van der Waals surface area (Å²) in [6.45, 7) is 4.21. The molecule has 5 heteroatoms. The van der Waals surface area contributed by atoms with Gasteiger partial charge < -0.3 is 20.6 Å². The molecule has 3 unspecified atom stereocenters. The van der Waals surface area contributed by atoms with Gasteiger partial charge in [0.05, 0.1) is 18.8 Å². The molecule has 0 bridgehead atoms. The second-order valence-corrected chi connectivity index (χ2v) is 22.0. The first-order valence-corrected chi connectivity index (χ1v) is 31.6. The highest BCUT2D eigenvalue weighted by molar-refractivity contribution is 5.76. The zero-order chi connectivity index (χ0) is 50.0. The molecule has 0 aliphatic carbocycles. The minimum absolute atomic E-state index is 0.151. The molecule has 1 amide bonds. The van der Waals surface area contributed by atoms with Crippen molar-refractivity contribution in [3.63, 3.8) is 0 Å². The number of aliphatic hydroxyl groups excluding tert-OH is 3. The van der Waals surface area contributed by atoms with Crippen molar-refractivity contribution in [2.75, 3.05) is 6.61 Å². The standard InChI is InChI=1S/C64H125NO4/c1-3-5-7-9-11-13-15-17-19-21-23-25-27-28-29-30-31-32-33-34-35-36-37-39-41-43-45-47-49-51-53-55-57-59-63(68)65-61(60-66)64(69)62(67)58-56-54-52-50-48-46-44-42-40-38-26-24-22-20-18-16-14-12-10-8-6-4-2/h42,44,50,52,61-62,64,66-67,69H,3-41,43,45-49,51,53-60H2,1-2H3,(H,65,68)/b44-42+,52-50+. The molecule has 5 nitrogen and oxygen atoms in total. The van der Waals surface area contributed by atoms with Gasteiger partial charge in [0, 0.05) is 6.42 Å². The second-order valence-electron chi connectivity index (χ2n) is 22.0. The van der Waals surface area contributed by atoms with Gasteiger partial charge in [-0.2, -0.15) is 0 Å². The molecule has 0 aliphatic rings. The SMILES string of the molecule is CCCCCCCCCCCCCCC/C=C/CC/C=C/CCCC(O)C(O)C(CO)NC(=O)CCCCCCCCCCCCCCCCCCCCCCCCCCCCCCCCCCC. The molecule has 0 aromatic rings. The van der Waals surface area contributed by atoms with Crippen LogP contribution in [0, 0.1) is 0 Å². The van der Waals surface area contributed by atoms with Crippen LogP contribution in [0.5, 0.6) is 0 Å². The van der Waals surface area contributed by atoms with E-state index in [4.69, 9.17) is 0 Å². The number of hydrogen-bond donors (Lipinski definition) is 4. The maximum Gasteiger partial charge on any atom is 0.220 e. The number of unbranched alkanes of at least 4 members (excludes halogenated alkanes) is 47. The molecule has 0 aliphatic heterocycles. The van der Waals surface area contributed by atoms with E-state index < -0.39 is 18.2 Å². The summed E-state index contributed by atoms with van der Waals surface area (Å²) in [6, 6.07) is -0.831. The normalized spacial score (nSPS) is 13.3. The third-order valence-corrected chi connectivity index (χ3v) is 15.0. The maximum absolute atomic E-state index is 12.5. The van der Waals surface area contributed by atoms with Gasteiger partial charge in [0.25, 0.3) is 0 Å².